The van der Waals surface area contributed by atoms with Gasteiger partial charge in [0.05, 0.1) is 6.54 Å². The van der Waals surface area contributed by atoms with Gasteiger partial charge in [-0.05, 0) is 31.4 Å². The van der Waals surface area contributed by atoms with Crippen molar-refractivity contribution in [1.29, 1.82) is 0 Å². The van der Waals surface area contributed by atoms with Gasteiger partial charge in [-0.15, -0.1) is 0 Å². The lowest BCUT2D eigenvalue weighted by Crippen LogP contribution is -2.41. The van der Waals surface area contributed by atoms with Crippen molar-refractivity contribution in [2.75, 3.05) is 18.8 Å². The molecule has 0 amide bonds. The highest BCUT2D eigenvalue weighted by Gasteiger charge is 2.32. The Morgan fingerprint density at radius 3 is 2.95 bits per heavy atom. The summed E-state index contributed by atoms with van der Waals surface area (Å²) >= 11 is 1.85. The van der Waals surface area contributed by atoms with E-state index in [1.54, 1.807) is 16.4 Å². The molecule has 2 heterocycles. The smallest absolute Gasteiger partial charge is 0.276 e. The van der Waals surface area contributed by atoms with E-state index in [-0.39, 0.29) is 5.09 Å². The average molecular weight is 330 g/mol. The Morgan fingerprint density at radius 1 is 1.43 bits per heavy atom. The second-order valence-electron chi connectivity index (χ2n) is 5.64. The van der Waals surface area contributed by atoms with Crippen LogP contribution in [0.3, 0.4) is 0 Å². The molecule has 0 bridgehead atoms. The lowest BCUT2D eigenvalue weighted by atomic mass is 10.3. The van der Waals surface area contributed by atoms with Gasteiger partial charge in [0.1, 0.15) is 5.76 Å². The summed E-state index contributed by atoms with van der Waals surface area (Å²) < 4.78 is 32.3. The first-order valence-corrected chi connectivity index (χ1v) is 10.0. The lowest BCUT2D eigenvalue weighted by Gasteiger charge is -2.30. The molecule has 0 spiro atoms. The van der Waals surface area contributed by atoms with Crippen LogP contribution in [-0.4, -0.2) is 42.9 Å². The van der Waals surface area contributed by atoms with Crippen LogP contribution >= 0.6 is 11.8 Å². The van der Waals surface area contributed by atoms with E-state index in [4.69, 9.17) is 4.42 Å². The van der Waals surface area contributed by atoms with Crippen LogP contribution in [0.5, 0.6) is 0 Å². The zero-order valence-corrected chi connectivity index (χ0v) is 13.9. The van der Waals surface area contributed by atoms with E-state index in [1.807, 2.05) is 11.8 Å². The van der Waals surface area contributed by atoms with Gasteiger partial charge in [-0.25, -0.2) is 8.42 Å². The number of hydrogen-bond acceptors (Lipinski definition) is 5. The number of hydrogen-bond donors (Lipinski definition) is 1. The minimum atomic E-state index is -3.48. The summed E-state index contributed by atoms with van der Waals surface area (Å²) in [6.45, 7) is 3.86. The maximum atomic E-state index is 12.6. The van der Waals surface area contributed by atoms with Crippen LogP contribution in [-0.2, 0) is 16.6 Å². The number of sulfonamides is 1. The van der Waals surface area contributed by atoms with Gasteiger partial charge in [-0.1, -0.05) is 6.92 Å². The SMILES string of the molecule is CCC1CN(S(=O)(=O)c2ccc(CNC3CC3)o2)CCS1. The molecule has 118 valence electrons. The molecule has 5 nitrogen and oxygen atoms in total. The number of nitrogens with one attached hydrogen (secondary N) is 1. The molecule has 1 aromatic rings. The zero-order chi connectivity index (χ0) is 14.9. The standard InChI is InChI=1S/C14H22N2O3S2/c1-2-13-10-16(7-8-20-13)21(17,18)14-6-5-12(19-14)9-15-11-3-4-11/h5-6,11,13,15H,2-4,7-10H2,1H3. The van der Waals surface area contributed by atoms with Gasteiger partial charge in [-0.3, -0.25) is 0 Å². The van der Waals surface area contributed by atoms with Crippen LogP contribution in [0.2, 0.25) is 0 Å². The van der Waals surface area contributed by atoms with Crippen molar-refractivity contribution in [1.82, 2.24) is 9.62 Å². The van der Waals surface area contributed by atoms with E-state index in [2.05, 4.69) is 12.2 Å². The second-order valence-corrected chi connectivity index (χ2v) is 8.92. The highest BCUT2D eigenvalue weighted by molar-refractivity contribution is 8.00. The Balaban J connectivity index is 1.68. The molecule has 7 heteroatoms. The Kier molecular flexibility index (Phi) is 4.63. The Hall–Kier alpha value is -0.500. The first-order valence-electron chi connectivity index (χ1n) is 7.53. The molecule has 2 aliphatic rings. The number of rotatable bonds is 6. The van der Waals surface area contributed by atoms with Crippen LogP contribution in [0, 0.1) is 0 Å². The van der Waals surface area contributed by atoms with Crippen molar-refractivity contribution < 1.29 is 12.8 Å². The van der Waals surface area contributed by atoms with Crippen LogP contribution in [0.15, 0.2) is 21.6 Å². The quantitative estimate of drug-likeness (QED) is 0.865. The number of thioether (sulfide) groups is 1. The summed E-state index contributed by atoms with van der Waals surface area (Å²) in [6.07, 6.45) is 3.40. The summed E-state index contributed by atoms with van der Waals surface area (Å²) in [5.41, 5.74) is 0. The van der Waals surface area contributed by atoms with Gasteiger partial charge >= 0.3 is 0 Å². The van der Waals surface area contributed by atoms with Gasteiger partial charge in [0, 0.05) is 30.1 Å². The van der Waals surface area contributed by atoms with Crippen molar-refractivity contribution in [3.8, 4) is 0 Å². The molecule has 2 fully saturated rings. The topological polar surface area (TPSA) is 62.6 Å². The largest absolute Gasteiger partial charge is 0.447 e. The molecule has 1 aliphatic carbocycles. The molecule has 1 saturated heterocycles. The summed E-state index contributed by atoms with van der Waals surface area (Å²) in [5, 5.41) is 3.80. The maximum absolute atomic E-state index is 12.6. The van der Waals surface area contributed by atoms with Crippen molar-refractivity contribution in [3.63, 3.8) is 0 Å². The van der Waals surface area contributed by atoms with Gasteiger partial charge in [0.15, 0.2) is 0 Å². The molecular weight excluding hydrogens is 308 g/mol. The van der Waals surface area contributed by atoms with E-state index in [9.17, 15) is 8.42 Å². The molecule has 0 radical (unpaired) electrons. The van der Waals surface area contributed by atoms with Crippen LogP contribution in [0.25, 0.3) is 0 Å². The molecule has 1 N–H and O–H groups in total. The third-order valence-corrected chi connectivity index (χ3v) is 7.04. The lowest BCUT2D eigenvalue weighted by molar-refractivity contribution is 0.364. The minimum Gasteiger partial charge on any atom is -0.447 e. The molecular formula is C14H22N2O3S2. The highest BCUT2D eigenvalue weighted by Crippen LogP contribution is 2.27. The van der Waals surface area contributed by atoms with E-state index in [0.29, 0.717) is 36.7 Å². The van der Waals surface area contributed by atoms with Crippen LogP contribution in [0.4, 0.5) is 0 Å². The van der Waals surface area contributed by atoms with Gasteiger partial charge in [0.25, 0.3) is 10.0 Å². The monoisotopic (exact) mass is 330 g/mol. The molecule has 21 heavy (non-hydrogen) atoms. The molecule has 1 atom stereocenters. The second kappa shape index (κ2) is 6.32. The zero-order valence-electron chi connectivity index (χ0n) is 12.2. The summed E-state index contributed by atoms with van der Waals surface area (Å²) in [6, 6.07) is 3.93. The van der Waals surface area contributed by atoms with Gasteiger partial charge in [0.2, 0.25) is 5.09 Å². The first kappa shape index (κ1) is 15.4. The average Bonchev–Trinajstić information content (AvgIpc) is 3.21. The summed E-state index contributed by atoms with van der Waals surface area (Å²) in [7, 11) is -3.48. The van der Waals surface area contributed by atoms with Crippen molar-refractivity contribution in [3.05, 3.63) is 17.9 Å². The third kappa shape index (κ3) is 3.64. The first-order chi connectivity index (χ1) is 10.1. The Bertz CT molecular complexity index is 581. The van der Waals surface area contributed by atoms with E-state index < -0.39 is 10.0 Å². The Morgan fingerprint density at radius 2 is 2.24 bits per heavy atom. The Labute approximate surface area is 130 Å². The third-order valence-electron chi connectivity index (χ3n) is 3.93. The summed E-state index contributed by atoms with van der Waals surface area (Å²) in [4.78, 5) is 0. The molecule has 1 saturated carbocycles. The fourth-order valence-corrected chi connectivity index (χ4v) is 5.21. The fraction of sp³-hybridized carbons (Fsp3) is 0.714. The summed E-state index contributed by atoms with van der Waals surface area (Å²) in [5.74, 6) is 1.55. The molecule has 1 unspecified atom stereocenters. The molecule has 3 rings (SSSR count). The molecule has 1 aliphatic heterocycles. The van der Waals surface area contributed by atoms with Crippen LogP contribution < -0.4 is 5.32 Å². The van der Waals surface area contributed by atoms with Gasteiger partial charge < -0.3 is 9.73 Å². The van der Waals surface area contributed by atoms with Crippen molar-refractivity contribution in [2.45, 2.75) is 49.1 Å². The number of nitrogens with zero attached hydrogens (tertiary/aromatic N) is 1. The number of furan rings is 1. The predicted molar refractivity (Wildman–Crippen MR) is 83.9 cm³/mol. The molecule has 0 aromatic carbocycles. The van der Waals surface area contributed by atoms with E-state index in [0.717, 1.165) is 12.2 Å². The van der Waals surface area contributed by atoms with Crippen molar-refractivity contribution in [2.24, 2.45) is 0 Å². The molecule has 1 aromatic heterocycles. The predicted octanol–water partition coefficient (Wildman–Crippen LogP) is 2.05. The van der Waals surface area contributed by atoms with E-state index >= 15 is 0 Å². The minimum absolute atomic E-state index is 0.0804. The van der Waals surface area contributed by atoms with E-state index in [1.165, 1.54) is 12.8 Å². The fourth-order valence-electron chi connectivity index (χ4n) is 2.41. The highest BCUT2D eigenvalue weighted by atomic mass is 32.2. The van der Waals surface area contributed by atoms with Gasteiger partial charge in [-0.2, -0.15) is 16.1 Å². The maximum Gasteiger partial charge on any atom is 0.276 e. The normalized spacial score (nSPS) is 24.3. The van der Waals surface area contributed by atoms with Crippen molar-refractivity contribution >= 4 is 21.8 Å². The van der Waals surface area contributed by atoms with Crippen LogP contribution in [0.1, 0.15) is 31.9 Å².